The summed E-state index contributed by atoms with van der Waals surface area (Å²) >= 11 is 5.94. The molecule has 162 valence electrons. The molecule has 0 aliphatic heterocycles. The third-order valence-corrected chi connectivity index (χ3v) is 5.82. The molecule has 0 bridgehead atoms. The van der Waals surface area contributed by atoms with E-state index in [9.17, 15) is 9.59 Å². The highest BCUT2D eigenvalue weighted by atomic mass is 35.5. The summed E-state index contributed by atoms with van der Waals surface area (Å²) in [7, 11) is 0. The van der Waals surface area contributed by atoms with E-state index in [0.717, 1.165) is 5.56 Å². The molecule has 32 heavy (non-hydrogen) atoms. The van der Waals surface area contributed by atoms with Crippen molar-refractivity contribution in [3.63, 3.8) is 0 Å². The standard InChI is InChI=1S/C23H19ClN4O4/c24-16-5-3-15(4-6-16)19-14-20(27-32-19)23(9-10-23)22(30)25-11-12-28-21(29)8-7-17(26-28)18-2-1-13-31-18/h1-8,13-14H,9-12H2,(H,25,30). The van der Waals surface area contributed by atoms with Gasteiger partial charge in [-0.3, -0.25) is 9.59 Å². The van der Waals surface area contributed by atoms with Crippen LogP contribution in [0.25, 0.3) is 22.8 Å². The molecule has 8 nitrogen and oxygen atoms in total. The molecule has 9 heteroatoms. The van der Waals surface area contributed by atoms with Crippen LogP contribution in [0.3, 0.4) is 0 Å². The van der Waals surface area contributed by atoms with Crippen LogP contribution in [0.5, 0.6) is 0 Å². The first-order valence-electron chi connectivity index (χ1n) is 10.2. The highest BCUT2D eigenvalue weighted by molar-refractivity contribution is 6.30. The number of nitrogens with zero attached hydrogens (tertiary/aromatic N) is 3. The predicted octanol–water partition coefficient (Wildman–Crippen LogP) is 3.66. The van der Waals surface area contributed by atoms with Crippen molar-refractivity contribution in [2.75, 3.05) is 6.54 Å². The quantitative estimate of drug-likeness (QED) is 0.461. The van der Waals surface area contributed by atoms with Crippen LogP contribution < -0.4 is 10.9 Å². The number of benzene rings is 1. The summed E-state index contributed by atoms with van der Waals surface area (Å²) in [5, 5.41) is 12.0. The monoisotopic (exact) mass is 450 g/mol. The molecular weight excluding hydrogens is 432 g/mol. The number of hydrogen-bond donors (Lipinski definition) is 1. The molecule has 0 saturated heterocycles. The number of amides is 1. The van der Waals surface area contributed by atoms with Gasteiger partial charge in [0.1, 0.15) is 5.69 Å². The number of carbonyl (C=O) groups excluding carboxylic acids is 1. The van der Waals surface area contributed by atoms with Gasteiger partial charge in [0, 0.05) is 29.3 Å². The largest absolute Gasteiger partial charge is 0.463 e. The van der Waals surface area contributed by atoms with Gasteiger partial charge in [-0.2, -0.15) is 5.10 Å². The van der Waals surface area contributed by atoms with Crippen molar-refractivity contribution >= 4 is 17.5 Å². The van der Waals surface area contributed by atoms with Gasteiger partial charge in [0.05, 0.1) is 23.9 Å². The average molecular weight is 451 g/mol. The number of carbonyl (C=O) groups is 1. The highest BCUT2D eigenvalue weighted by Crippen LogP contribution is 2.48. The van der Waals surface area contributed by atoms with E-state index in [0.29, 0.717) is 40.8 Å². The molecule has 1 aliphatic carbocycles. The van der Waals surface area contributed by atoms with Crippen LogP contribution in [0.2, 0.25) is 5.02 Å². The molecule has 1 aliphatic rings. The van der Waals surface area contributed by atoms with E-state index in [4.69, 9.17) is 20.5 Å². The van der Waals surface area contributed by atoms with Gasteiger partial charge in [-0.15, -0.1) is 0 Å². The van der Waals surface area contributed by atoms with Crippen molar-refractivity contribution in [1.82, 2.24) is 20.3 Å². The summed E-state index contributed by atoms with van der Waals surface area (Å²) in [6.45, 7) is 0.501. The molecular formula is C23H19ClN4O4. The van der Waals surface area contributed by atoms with Crippen LogP contribution in [-0.4, -0.2) is 27.4 Å². The first kappa shape index (κ1) is 20.3. The lowest BCUT2D eigenvalue weighted by Gasteiger charge is -2.13. The zero-order valence-electron chi connectivity index (χ0n) is 17.0. The van der Waals surface area contributed by atoms with Gasteiger partial charge in [0.25, 0.3) is 5.56 Å². The number of furan rings is 1. The lowest BCUT2D eigenvalue weighted by Crippen LogP contribution is -2.38. The van der Waals surface area contributed by atoms with Gasteiger partial charge in [0.2, 0.25) is 5.91 Å². The topological polar surface area (TPSA) is 103 Å². The minimum Gasteiger partial charge on any atom is -0.463 e. The molecule has 3 heterocycles. The van der Waals surface area contributed by atoms with Crippen LogP contribution in [-0.2, 0) is 16.8 Å². The van der Waals surface area contributed by atoms with E-state index in [1.165, 1.54) is 10.7 Å². The van der Waals surface area contributed by atoms with Gasteiger partial charge in [-0.1, -0.05) is 16.8 Å². The second kappa shape index (κ2) is 8.12. The van der Waals surface area contributed by atoms with Crippen molar-refractivity contribution in [1.29, 1.82) is 0 Å². The van der Waals surface area contributed by atoms with Gasteiger partial charge < -0.3 is 14.3 Å². The van der Waals surface area contributed by atoms with E-state index in [1.807, 2.05) is 12.1 Å². The van der Waals surface area contributed by atoms with E-state index < -0.39 is 5.41 Å². The predicted molar refractivity (Wildman–Crippen MR) is 117 cm³/mol. The Bertz CT molecular complexity index is 1300. The molecule has 1 fully saturated rings. The maximum absolute atomic E-state index is 12.9. The van der Waals surface area contributed by atoms with Gasteiger partial charge in [-0.05, 0) is 55.3 Å². The summed E-state index contributed by atoms with van der Waals surface area (Å²) in [5.74, 6) is 1.02. The van der Waals surface area contributed by atoms with Crippen molar-refractivity contribution in [2.24, 2.45) is 0 Å². The zero-order valence-corrected chi connectivity index (χ0v) is 17.7. The van der Waals surface area contributed by atoms with Gasteiger partial charge >= 0.3 is 0 Å². The molecule has 0 atom stereocenters. The van der Waals surface area contributed by atoms with E-state index in [-0.39, 0.29) is 24.6 Å². The van der Waals surface area contributed by atoms with E-state index in [2.05, 4.69) is 15.6 Å². The van der Waals surface area contributed by atoms with Crippen LogP contribution in [0.1, 0.15) is 18.5 Å². The van der Waals surface area contributed by atoms with Crippen LogP contribution in [0.4, 0.5) is 0 Å². The fourth-order valence-corrected chi connectivity index (χ4v) is 3.71. The molecule has 0 radical (unpaired) electrons. The zero-order chi connectivity index (χ0) is 22.1. The molecule has 1 aromatic carbocycles. The van der Waals surface area contributed by atoms with E-state index in [1.54, 1.807) is 42.7 Å². The van der Waals surface area contributed by atoms with Crippen molar-refractivity contribution in [3.05, 3.63) is 81.9 Å². The maximum atomic E-state index is 12.9. The van der Waals surface area contributed by atoms with Gasteiger partial charge in [0.15, 0.2) is 11.5 Å². The van der Waals surface area contributed by atoms with Crippen molar-refractivity contribution < 1.29 is 13.7 Å². The normalized spacial score (nSPS) is 14.3. The first-order chi connectivity index (χ1) is 15.5. The Hall–Kier alpha value is -3.65. The molecule has 0 unspecified atom stereocenters. The Kier molecular flexibility index (Phi) is 5.14. The third-order valence-electron chi connectivity index (χ3n) is 5.56. The highest BCUT2D eigenvalue weighted by Gasteiger charge is 2.53. The molecule has 1 saturated carbocycles. The number of rotatable bonds is 7. The summed E-state index contributed by atoms with van der Waals surface area (Å²) in [6.07, 6.45) is 2.93. The molecule has 3 aromatic heterocycles. The fraction of sp³-hybridized carbons (Fsp3) is 0.217. The third kappa shape index (κ3) is 3.85. The van der Waals surface area contributed by atoms with Crippen molar-refractivity contribution in [2.45, 2.75) is 24.8 Å². The summed E-state index contributed by atoms with van der Waals surface area (Å²) in [6, 6.07) is 15.6. The van der Waals surface area contributed by atoms with Crippen LogP contribution in [0, 0.1) is 0 Å². The molecule has 1 N–H and O–H groups in total. The minimum atomic E-state index is -0.692. The van der Waals surface area contributed by atoms with E-state index >= 15 is 0 Å². The Balaban J connectivity index is 1.25. The van der Waals surface area contributed by atoms with Crippen molar-refractivity contribution in [3.8, 4) is 22.8 Å². The van der Waals surface area contributed by atoms with Crippen LogP contribution in [0.15, 0.2) is 74.6 Å². The van der Waals surface area contributed by atoms with Crippen LogP contribution >= 0.6 is 11.6 Å². The molecule has 1 amide bonds. The Morgan fingerprint density at radius 3 is 2.66 bits per heavy atom. The maximum Gasteiger partial charge on any atom is 0.266 e. The number of aromatic nitrogens is 3. The molecule has 4 aromatic rings. The summed E-state index contributed by atoms with van der Waals surface area (Å²) < 4.78 is 12.1. The van der Waals surface area contributed by atoms with Gasteiger partial charge in [-0.25, -0.2) is 4.68 Å². The lowest BCUT2D eigenvalue weighted by atomic mass is 10.0. The SMILES string of the molecule is O=C(NCCn1nc(-c2ccco2)ccc1=O)C1(c2cc(-c3ccc(Cl)cc3)on2)CC1. The minimum absolute atomic E-state index is 0.135. The summed E-state index contributed by atoms with van der Waals surface area (Å²) in [5.41, 5.74) is 1.06. The second-order valence-electron chi connectivity index (χ2n) is 7.68. The number of hydrogen-bond acceptors (Lipinski definition) is 6. The lowest BCUT2D eigenvalue weighted by molar-refractivity contribution is -0.123. The average Bonchev–Trinajstić information content (AvgIpc) is 3.20. The molecule has 5 rings (SSSR count). The number of halogens is 1. The number of nitrogens with one attached hydrogen (secondary N) is 1. The Morgan fingerprint density at radius 1 is 1.12 bits per heavy atom. The fourth-order valence-electron chi connectivity index (χ4n) is 3.58. The molecule has 0 spiro atoms. The first-order valence-corrected chi connectivity index (χ1v) is 10.6. The smallest absolute Gasteiger partial charge is 0.266 e. The summed E-state index contributed by atoms with van der Waals surface area (Å²) in [4.78, 5) is 25.0. The Labute approximate surface area is 187 Å². The second-order valence-corrected chi connectivity index (χ2v) is 8.11. The Morgan fingerprint density at radius 2 is 1.94 bits per heavy atom.